The SMILES string of the molecule is CNC(=O)NC(=O)[C@@H](OC(=O)CCc1cccs1)c1ccccc1. The molecule has 0 aliphatic rings. The summed E-state index contributed by atoms with van der Waals surface area (Å²) < 4.78 is 5.32. The molecule has 2 aromatic rings. The summed E-state index contributed by atoms with van der Waals surface area (Å²) in [5.74, 6) is -1.19. The number of carbonyl (C=O) groups excluding carboxylic acids is 3. The number of hydrogen-bond donors (Lipinski definition) is 2. The van der Waals surface area contributed by atoms with Gasteiger partial charge in [-0.15, -0.1) is 11.3 Å². The predicted molar refractivity (Wildman–Crippen MR) is 90.5 cm³/mol. The number of rotatable bonds is 6. The summed E-state index contributed by atoms with van der Waals surface area (Å²) in [6.07, 6.45) is -0.453. The van der Waals surface area contributed by atoms with Crippen LogP contribution in [0.15, 0.2) is 47.8 Å². The number of urea groups is 1. The van der Waals surface area contributed by atoms with E-state index in [0.29, 0.717) is 12.0 Å². The van der Waals surface area contributed by atoms with Gasteiger partial charge in [0.25, 0.3) is 5.91 Å². The van der Waals surface area contributed by atoms with Crippen LogP contribution < -0.4 is 10.6 Å². The fourth-order valence-electron chi connectivity index (χ4n) is 2.01. The molecule has 2 rings (SSSR count). The molecule has 3 amide bonds. The van der Waals surface area contributed by atoms with Gasteiger partial charge in [-0.05, 0) is 17.9 Å². The van der Waals surface area contributed by atoms with Crippen molar-refractivity contribution in [2.45, 2.75) is 18.9 Å². The van der Waals surface area contributed by atoms with Crippen molar-refractivity contribution in [1.29, 1.82) is 0 Å². The van der Waals surface area contributed by atoms with E-state index in [0.717, 1.165) is 4.88 Å². The van der Waals surface area contributed by atoms with Crippen LogP contribution >= 0.6 is 11.3 Å². The Hall–Kier alpha value is -2.67. The van der Waals surface area contributed by atoms with E-state index in [1.165, 1.54) is 7.05 Å². The maximum atomic E-state index is 12.2. The van der Waals surface area contributed by atoms with Gasteiger partial charge in [0.1, 0.15) is 0 Å². The van der Waals surface area contributed by atoms with Crippen LogP contribution in [-0.4, -0.2) is 25.0 Å². The molecule has 0 bridgehead atoms. The summed E-state index contributed by atoms with van der Waals surface area (Å²) in [5.41, 5.74) is 0.503. The molecule has 0 spiro atoms. The Labute approximate surface area is 143 Å². The van der Waals surface area contributed by atoms with Gasteiger partial charge in [-0.2, -0.15) is 0 Å². The molecule has 0 radical (unpaired) electrons. The summed E-state index contributed by atoms with van der Waals surface area (Å²) in [4.78, 5) is 36.7. The number of aryl methyl sites for hydroxylation is 1. The number of ether oxygens (including phenoxy) is 1. The van der Waals surface area contributed by atoms with Crippen molar-refractivity contribution >= 4 is 29.2 Å². The Kier molecular flexibility index (Phi) is 6.51. The summed E-state index contributed by atoms with van der Waals surface area (Å²) in [5, 5.41) is 6.36. The van der Waals surface area contributed by atoms with Gasteiger partial charge in [-0.3, -0.25) is 14.9 Å². The lowest BCUT2D eigenvalue weighted by Gasteiger charge is -2.17. The molecule has 1 atom stereocenters. The molecule has 0 saturated heterocycles. The second-order valence-corrected chi connectivity index (χ2v) is 5.96. The molecular formula is C17H18N2O4S. The fourth-order valence-corrected chi connectivity index (χ4v) is 2.72. The van der Waals surface area contributed by atoms with Gasteiger partial charge in [0.15, 0.2) is 0 Å². The highest BCUT2D eigenvalue weighted by Gasteiger charge is 2.26. The summed E-state index contributed by atoms with van der Waals surface area (Å²) in [6, 6.07) is 11.8. The molecule has 0 fully saturated rings. The van der Waals surface area contributed by atoms with Crippen LogP contribution in [-0.2, 0) is 20.7 Å². The molecule has 0 saturated carbocycles. The smallest absolute Gasteiger partial charge is 0.321 e. The highest BCUT2D eigenvalue weighted by Crippen LogP contribution is 2.19. The molecule has 0 unspecified atom stereocenters. The number of amides is 3. The van der Waals surface area contributed by atoms with Gasteiger partial charge < -0.3 is 10.1 Å². The van der Waals surface area contributed by atoms with E-state index in [2.05, 4.69) is 10.6 Å². The van der Waals surface area contributed by atoms with E-state index in [-0.39, 0.29) is 6.42 Å². The third kappa shape index (κ3) is 5.20. The second-order valence-electron chi connectivity index (χ2n) is 4.93. The van der Waals surface area contributed by atoms with Crippen molar-refractivity contribution in [2.75, 3.05) is 7.05 Å². The minimum absolute atomic E-state index is 0.164. The van der Waals surface area contributed by atoms with Gasteiger partial charge in [-0.25, -0.2) is 4.79 Å². The zero-order valence-corrected chi connectivity index (χ0v) is 14.0. The molecule has 1 aromatic heterocycles. The Morgan fingerprint density at radius 2 is 1.88 bits per heavy atom. The zero-order valence-electron chi connectivity index (χ0n) is 13.2. The number of benzene rings is 1. The van der Waals surface area contributed by atoms with Crippen LogP contribution in [0.5, 0.6) is 0 Å². The van der Waals surface area contributed by atoms with Crippen LogP contribution in [0.25, 0.3) is 0 Å². The zero-order chi connectivity index (χ0) is 17.4. The van der Waals surface area contributed by atoms with Crippen molar-refractivity contribution in [3.05, 3.63) is 58.3 Å². The summed E-state index contributed by atoms with van der Waals surface area (Å²) in [7, 11) is 1.40. The van der Waals surface area contributed by atoms with Crippen molar-refractivity contribution < 1.29 is 19.1 Å². The first-order valence-electron chi connectivity index (χ1n) is 7.39. The van der Waals surface area contributed by atoms with Crippen molar-refractivity contribution in [2.24, 2.45) is 0 Å². The molecule has 126 valence electrons. The van der Waals surface area contributed by atoms with Crippen molar-refractivity contribution in [1.82, 2.24) is 10.6 Å². The quantitative estimate of drug-likeness (QED) is 0.787. The molecule has 24 heavy (non-hydrogen) atoms. The predicted octanol–water partition coefficient (Wildman–Crippen LogP) is 2.42. The van der Waals surface area contributed by atoms with E-state index in [1.54, 1.807) is 41.7 Å². The first-order valence-corrected chi connectivity index (χ1v) is 8.27. The van der Waals surface area contributed by atoms with E-state index >= 15 is 0 Å². The molecule has 2 N–H and O–H groups in total. The topological polar surface area (TPSA) is 84.5 Å². The molecular weight excluding hydrogens is 328 g/mol. The third-order valence-electron chi connectivity index (χ3n) is 3.21. The third-order valence-corrected chi connectivity index (χ3v) is 4.15. The molecule has 1 heterocycles. The highest BCUT2D eigenvalue weighted by molar-refractivity contribution is 7.09. The lowest BCUT2D eigenvalue weighted by molar-refractivity contribution is -0.156. The van der Waals surface area contributed by atoms with Gasteiger partial charge in [0.05, 0.1) is 6.42 Å². The first kappa shape index (κ1) is 17.7. The normalized spacial score (nSPS) is 11.4. The Morgan fingerprint density at radius 1 is 1.12 bits per heavy atom. The minimum atomic E-state index is -1.17. The largest absolute Gasteiger partial charge is 0.447 e. The lowest BCUT2D eigenvalue weighted by Crippen LogP contribution is -2.41. The molecule has 0 aliphatic carbocycles. The van der Waals surface area contributed by atoms with Gasteiger partial charge in [0.2, 0.25) is 6.10 Å². The molecule has 1 aromatic carbocycles. The number of esters is 1. The monoisotopic (exact) mass is 346 g/mol. The van der Waals surface area contributed by atoms with E-state index in [4.69, 9.17) is 4.74 Å². The Balaban J connectivity index is 2.03. The van der Waals surface area contributed by atoms with Gasteiger partial charge in [0, 0.05) is 17.5 Å². The van der Waals surface area contributed by atoms with Crippen LogP contribution in [0.2, 0.25) is 0 Å². The van der Waals surface area contributed by atoms with Crippen molar-refractivity contribution in [3.63, 3.8) is 0 Å². The molecule has 7 heteroatoms. The number of thiophene rings is 1. The first-order chi connectivity index (χ1) is 11.6. The summed E-state index contributed by atoms with van der Waals surface area (Å²) >= 11 is 1.56. The average molecular weight is 346 g/mol. The second kappa shape index (κ2) is 8.83. The summed E-state index contributed by atoms with van der Waals surface area (Å²) in [6.45, 7) is 0. The van der Waals surface area contributed by atoms with Gasteiger partial charge in [-0.1, -0.05) is 36.4 Å². The van der Waals surface area contributed by atoms with E-state index < -0.39 is 24.0 Å². The number of hydrogen-bond acceptors (Lipinski definition) is 5. The number of carbonyl (C=O) groups is 3. The van der Waals surface area contributed by atoms with Crippen molar-refractivity contribution in [3.8, 4) is 0 Å². The Bertz CT molecular complexity index is 686. The fraction of sp³-hybridized carbons (Fsp3) is 0.235. The van der Waals surface area contributed by atoms with E-state index in [9.17, 15) is 14.4 Å². The maximum Gasteiger partial charge on any atom is 0.321 e. The number of nitrogens with one attached hydrogen (secondary N) is 2. The highest BCUT2D eigenvalue weighted by atomic mass is 32.1. The van der Waals surface area contributed by atoms with Crippen LogP contribution in [0.3, 0.4) is 0 Å². The minimum Gasteiger partial charge on any atom is -0.447 e. The standard InChI is InChI=1S/C17H18N2O4S/c1-18-17(22)19-16(21)15(12-6-3-2-4-7-12)23-14(20)10-9-13-8-5-11-24-13/h2-8,11,15H,9-10H2,1H3,(H2,18,19,21,22)/t15-/m0/s1. The van der Waals surface area contributed by atoms with Gasteiger partial charge >= 0.3 is 12.0 Å². The van der Waals surface area contributed by atoms with E-state index in [1.807, 2.05) is 17.5 Å². The molecule has 0 aliphatic heterocycles. The maximum absolute atomic E-state index is 12.2. The van der Waals surface area contributed by atoms with Crippen LogP contribution in [0, 0.1) is 0 Å². The van der Waals surface area contributed by atoms with Crippen LogP contribution in [0.1, 0.15) is 23.0 Å². The average Bonchev–Trinajstić information content (AvgIpc) is 3.12. The lowest BCUT2D eigenvalue weighted by atomic mass is 10.1. The number of imide groups is 1. The Morgan fingerprint density at radius 3 is 2.50 bits per heavy atom. The van der Waals surface area contributed by atoms with Crippen LogP contribution in [0.4, 0.5) is 4.79 Å². The molecule has 6 nitrogen and oxygen atoms in total.